The molecule has 0 fully saturated rings. The first-order valence-electron chi connectivity index (χ1n) is 3.21. The Balaban J connectivity index is 3.17. The van der Waals surface area contributed by atoms with Gasteiger partial charge in [-0.05, 0) is 29.3 Å². The Bertz CT molecular complexity index is 215. The second-order valence-corrected chi connectivity index (χ2v) is 2.83. The average Bonchev–Trinajstić information content (AvgIpc) is 1.88. The summed E-state index contributed by atoms with van der Waals surface area (Å²) >= 11 is 3.36. The zero-order valence-corrected chi connectivity index (χ0v) is 7.64. The van der Waals surface area contributed by atoms with E-state index in [1.54, 1.807) is 6.33 Å². The van der Waals surface area contributed by atoms with Gasteiger partial charge in [-0.3, -0.25) is 0 Å². The summed E-state index contributed by atoms with van der Waals surface area (Å²) in [5, 5.41) is 0. The van der Waals surface area contributed by atoms with E-state index in [1.165, 1.54) is 5.56 Å². The highest BCUT2D eigenvalue weighted by atomic mass is 79.9. The van der Waals surface area contributed by atoms with Crippen LogP contribution >= 0.6 is 15.9 Å². The van der Waals surface area contributed by atoms with Crippen LogP contribution in [0.1, 0.15) is 18.2 Å². The van der Waals surface area contributed by atoms with Crippen molar-refractivity contribution in [2.75, 3.05) is 0 Å². The van der Waals surface area contributed by atoms with Gasteiger partial charge in [-0.2, -0.15) is 0 Å². The number of hydrogen-bond donors (Lipinski definition) is 0. The molecule has 3 heteroatoms. The molecule has 0 aromatic carbocycles. The van der Waals surface area contributed by atoms with Crippen LogP contribution < -0.4 is 0 Å². The third-order valence-electron chi connectivity index (χ3n) is 1.46. The SMILES string of the molecule is CCc1c(C)ncnc1Br. The molecule has 1 aromatic rings. The molecule has 1 heterocycles. The molecule has 0 amide bonds. The van der Waals surface area contributed by atoms with Crippen LogP contribution in [-0.2, 0) is 6.42 Å². The molecule has 1 aromatic heterocycles. The smallest absolute Gasteiger partial charge is 0.116 e. The van der Waals surface area contributed by atoms with Gasteiger partial charge in [-0.1, -0.05) is 6.92 Å². The third-order valence-corrected chi connectivity index (χ3v) is 2.15. The first kappa shape index (κ1) is 7.66. The molecule has 0 radical (unpaired) electrons. The minimum Gasteiger partial charge on any atom is -0.241 e. The molecule has 0 aliphatic heterocycles. The number of halogens is 1. The van der Waals surface area contributed by atoms with Crippen LogP contribution in [0.2, 0.25) is 0 Å². The van der Waals surface area contributed by atoms with Crippen LogP contribution in [0.5, 0.6) is 0 Å². The summed E-state index contributed by atoms with van der Waals surface area (Å²) in [5.41, 5.74) is 2.26. The average molecular weight is 201 g/mol. The van der Waals surface area contributed by atoms with E-state index in [0.717, 1.165) is 16.7 Å². The lowest BCUT2D eigenvalue weighted by atomic mass is 10.2. The first-order valence-corrected chi connectivity index (χ1v) is 4.01. The lowest BCUT2D eigenvalue weighted by Gasteiger charge is -2.01. The lowest BCUT2D eigenvalue weighted by molar-refractivity contribution is 0.974. The van der Waals surface area contributed by atoms with E-state index in [9.17, 15) is 0 Å². The zero-order valence-electron chi connectivity index (χ0n) is 6.06. The Morgan fingerprint density at radius 1 is 1.50 bits per heavy atom. The molecular formula is C7H9BrN2. The van der Waals surface area contributed by atoms with E-state index in [-0.39, 0.29) is 0 Å². The van der Waals surface area contributed by atoms with Gasteiger partial charge in [0.25, 0.3) is 0 Å². The van der Waals surface area contributed by atoms with E-state index in [2.05, 4.69) is 32.8 Å². The number of aromatic nitrogens is 2. The van der Waals surface area contributed by atoms with E-state index in [0.29, 0.717) is 0 Å². The van der Waals surface area contributed by atoms with E-state index >= 15 is 0 Å². The van der Waals surface area contributed by atoms with Gasteiger partial charge in [0, 0.05) is 11.3 Å². The molecule has 0 aliphatic rings. The molecule has 0 aliphatic carbocycles. The Morgan fingerprint density at radius 2 is 2.20 bits per heavy atom. The van der Waals surface area contributed by atoms with Gasteiger partial charge in [0.15, 0.2) is 0 Å². The summed E-state index contributed by atoms with van der Waals surface area (Å²) in [6, 6.07) is 0. The van der Waals surface area contributed by atoms with E-state index in [4.69, 9.17) is 0 Å². The second-order valence-electron chi connectivity index (χ2n) is 2.08. The van der Waals surface area contributed by atoms with Gasteiger partial charge >= 0.3 is 0 Å². The van der Waals surface area contributed by atoms with Crippen LogP contribution in [0.4, 0.5) is 0 Å². The molecule has 2 nitrogen and oxygen atoms in total. The number of hydrogen-bond acceptors (Lipinski definition) is 2. The molecule has 54 valence electrons. The van der Waals surface area contributed by atoms with E-state index < -0.39 is 0 Å². The van der Waals surface area contributed by atoms with Crippen molar-refractivity contribution in [2.24, 2.45) is 0 Å². The van der Waals surface area contributed by atoms with Crippen LogP contribution in [0.15, 0.2) is 10.9 Å². The van der Waals surface area contributed by atoms with Gasteiger partial charge in [0.05, 0.1) is 0 Å². The number of rotatable bonds is 1. The van der Waals surface area contributed by atoms with Crippen LogP contribution in [0.25, 0.3) is 0 Å². The Labute approximate surface area is 68.8 Å². The Hall–Kier alpha value is -0.440. The van der Waals surface area contributed by atoms with Crippen LogP contribution in [0.3, 0.4) is 0 Å². The predicted octanol–water partition coefficient (Wildman–Crippen LogP) is 2.11. The van der Waals surface area contributed by atoms with Crippen molar-refractivity contribution in [1.29, 1.82) is 0 Å². The maximum absolute atomic E-state index is 4.07. The zero-order chi connectivity index (χ0) is 7.56. The van der Waals surface area contributed by atoms with Crippen molar-refractivity contribution < 1.29 is 0 Å². The maximum atomic E-state index is 4.07. The molecule has 0 bridgehead atoms. The van der Waals surface area contributed by atoms with Gasteiger partial charge in [-0.25, -0.2) is 9.97 Å². The van der Waals surface area contributed by atoms with Crippen molar-refractivity contribution >= 4 is 15.9 Å². The fourth-order valence-electron chi connectivity index (χ4n) is 0.873. The molecule has 0 saturated carbocycles. The summed E-state index contributed by atoms with van der Waals surface area (Å²) < 4.78 is 0.919. The molecule has 0 saturated heterocycles. The monoisotopic (exact) mass is 200 g/mol. The predicted molar refractivity (Wildman–Crippen MR) is 43.8 cm³/mol. The quantitative estimate of drug-likeness (QED) is 0.650. The van der Waals surface area contributed by atoms with Crippen molar-refractivity contribution in [2.45, 2.75) is 20.3 Å². The van der Waals surface area contributed by atoms with Crippen LogP contribution in [0, 0.1) is 6.92 Å². The maximum Gasteiger partial charge on any atom is 0.116 e. The Kier molecular flexibility index (Phi) is 2.38. The Morgan fingerprint density at radius 3 is 2.60 bits per heavy atom. The first-order chi connectivity index (χ1) is 4.75. The fraction of sp³-hybridized carbons (Fsp3) is 0.429. The largest absolute Gasteiger partial charge is 0.241 e. The normalized spacial score (nSPS) is 9.90. The van der Waals surface area contributed by atoms with Crippen LogP contribution in [-0.4, -0.2) is 9.97 Å². The highest BCUT2D eigenvalue weighted by molar-refractivity contribution is 9.10. The highest BCUT2D eigenvalue weighted by Gasteiger charge is 2.01. The van der Waals surface area contributed by atoms with E-state index in [1.807, 2.05) is 6.92 Å². The minimum absolute atomic E-state index is 0.919. The van der Waals surface area contributed by atoms with Crippen molar-refractivity contribution in [3.63, 3.8) is 0 Å². The van der Waals surface area contributed by atoms with Gasteiger partial charge in [-0.15, -0.1) is 0 Å². The molecule has 0 spiro atoms. The lowest BCUT2D eigenvalue weighted by Crippen LogP contribution is -1.93. The van der Waals surface area contributed by atoms with Gasteiger partial charge < -0.3 is 0 Å². The number of aryl methyl sites for hydroxylation is 1. The molecule has 0 unspecified atom stereocenters. The van der Waals surface area contributed by atoms with Crippen molar-refractivity contribution in [3.05, 3.63) is 22.2 Å². The summed E-state index contributed by atoms with van der Waals surface area (Å²) in [6.45, 7) is 4.09. The topological polar surface area (TPSA) is 25.8 Å². The van der Waals surface area contributed by atoms with Crippen molar-refractivity contribution in [1.82, 2.24) is 9.97 Å². The third kappa shape index (κ3) is 1.34. The molecule has 0 atom stereocenters. The molecule has 1 rings (SSSR count). The summed E-state index contributed by atoms with van der Waals surface area (Å²) in [5.74, 6) is 0. The van der Waals surface area contributed by atoms with Gasteiger partial charge in [0.2, 0.25) is 0 Å². The summed E-state index contributed by atoms with van der Waals surface area (Å²) in [7, 11) is 0. The summed E-state index contributed by atoms with van der Waals surface area (Å²) in [6.07, 6.45) is 2.55. The fourth-order valence-corrected chi connectivity index (χ4v) is 1.53. The standard InChI is InChI=1S/C7H9BrN2/c1-3-6-5(2)9-4-10-7(6)8/h4H,3H2,1-2H3. The molecule has 10 heavy (non-hydrogen) atoms. The van der Waals surface area contributed by atoms with Gasteiger partial charge in [0.1, 0.15) is 10.9 Å². The second kappa shape index (κ2) is 3.10. The minimum atomic E-state index is 0.919. The molecule has 0 N–H and O–H groups in total. The summed E-state index contributed by atoms with van der Waals surface area (Å²) in [4.78, 5) is 8.09. The molecular weight excluding hydrogens is 192 g/mol. The van der Waals surface area contributed by atoms with Crippen molar-refractivity contribution in [3.8, 4) is 0 Å². The highest BCUT2D eigenvalue weighted by Crippen LogP contribution is 2.15. The number of nitrogens with zero attached hydrogens (tertiary/aromatic N) is 2.